The van der Waals surface area contributed by atoms with Crippen LogP contribution in [0.25, 0.3) is 0 Å². The van der Waals surface area contributed by atoms with Crippen LogP contribution in [-0.4, -0.2) is 5.91 Å². The summed E-state index contributed by atoms with van der Waals surface area (Å²) < 4.78 is 0. The quantitative estimate of drug-likeness (QED) is 0.828. The van der Waals surface area contributed by atoms with Crippen molar-refractivity contribution in [3.8, 4) is 0 Å². The molecule has 106 valence electrons. The Kier molecular flexibility index (Phi) is 4.79. The Morgan fingerprint density at radius 1 is 1.35 bits per heavy atom. The molecule has 4 heteroatoms. The summed E-state index contributed by atoms with van der Waals surface area (Å²) in [6.45, 7) is 4.09. The Balaban J connectivity index is 1.83. The van der Waals surface area contributed by atoms with Gasteiger partial charge >= 0.3 is 0 Å². The van der Waals surface area contributed by atoms with Gasteiger partial charge in [0.1, 0.15) is 0 Å². The van der Waals surface area contributed by atoms with E-state index >= 15 is 0 Å². The third-order valence-electron chi connectivity index (χ3n) is 3.16. The fraction of sp³-hybridized carbons (Fsp3) is 0.312. The summed E-state index contributed by atoms with van der Waals surface area (Å²) in [5.74, 6) is 0.0750. The molecule has 2 rings (SSSR count). The van der Waals surface area contributed by atoms with Crippen LogP contribution in [0.1, 0.15) is 34.7 Å². The van der Waals surface area contributed by atoms with E-state index in [1.54, 1.807) is 11.3 Å². The molecule has 0 aliphatic heterocycles. The lowest BCUT2D eigenvalue weighted by molar-refractivity contribution is -0.121. The number of nitrogens with two attached hydrogens (primary N) is 1. The Labute approximate surface area is 123 Å². The zero-order chi connectivity index (χ0) is 14.5. The minimum Gasteiger partial charge on any atom is -0.399 e. The maximum Gasteiger partial charge on any atom is 0.220 e. The van der Waals surface area contributed by atoms with Gasteiger partial charge in [0.25, 0.3) is 0 Å². The highest BCUT2D eigenvalue weighted by molar-refractivity contribution is 7.12. The summed E-state index contributed by atoms with van der Waals surface area (Å²) in [6, 6.07) is 11.9. The summed E-state index contributed by atoms with van der Waals surface area (Å²) in [7, 11) is 0. The van der Waals surface area contributed by atoms with Crippen LogP contribution in [0.3, 0.4) is 0 Å². The summed E-state index contributed by atoms with van der Waals surface area (Å²) in [5.41, 5.74) is 7.56. The molecule has 0 spiro atoms. The van der Waals surface area contributed by atoms with Crippen LogP contribution in [0, 0.1) is 6.92 Å². The largest absolute Gasteiger partial charge is 0.399 e. The Morgan fingerprint density at radius 2 is 2.15 bits per heavy atom. The van der Waals surface area contributed by atoms with Crippen LogP contribution in [0.2, 0.25) is 0 Å². The Hall–Kier alpha value is -1.81. The second-order valence-electron chi connectivity index (χ2n) is 4.98. The third kappa shape index (κ3) is 4.10. The zero-order valence-electron chi connectivity index (χ0n) is 11.8. The van der Waals surface area contributed by atoms with E-state index in [9.17, 15) is 4.79 Å². The van der Waals surface area contributed by atoms with Crippen LogP contribution in [0.5, 0.6) is 0 Å². The molecule has 1 atom stereocenters. The molecule has 1 aromatic carbocycles. The van der Waals surface area contributed by atoms with E-state index in [0.717, 1.165) is 11.3 Å². The molecule has 0 radical (unpaired) electrons. The number of hydrogen-bond donors (Lipinski definition) is 2. The first-order valence-electron chi connectivity index (χ1n) is 6.74. The van der Waals surface area contributed by atoms with Gasteiger partial charge in [-0.05, 0) is 50.1 Å². The van der Waals surface area contributed by atoms with Gasteiger partial charge in [-0.1, -0.05) is 12.1 Å². The summed E-state index contributed by atoms with van der Waals surface area (Å²) in [6.07, 6.45) is 1.20. The van der Waals surface area contributed by atoms with Gasteiger partial charge < -0.3 is 11.1 Å². The van der Waals surface area contributed by atoms with Crippen molar-refractivity contribution in [2.45, 2.75) is 32.7 Å². The van der Waals surface area contributed by atoms with Gasteiger partial charge in [-0.3, -0.25) is 4.79 Å². The molecule has 0 saturated carbocycles. The van der Waals surface area contributed by atoms with Crippen molar-refractivity contribution < 1.29 is 4.79 Å². The monoisotopic (exact) mass is 288 g/mol. The molecule has 1 heterocycles. The van der Waals surface area contributed by atoms with Gasteiger partial charge in [0, 0.05) is 21.9 Å². The molecule has 1 unspecified atom stereocenters. The zero-order valence-corrected chi connectivity index (χ0v) is 12.7. The highest BCUT2D eigenvalue weighted by Crippen LogP contribution is 2.22. The van der Waals surface area contributed by atoms with E-state index in [1.165, 1.54) is 9.75 Å². The number of nitrogen functional groups attached to an aromatic ring is 1. The standard InChI is InChI=1S/C16H20N2OS/c1-11-6-8-15(20-11)12(2)18-16(19)9-7-13-4-3-5-14(17)10-13/h3-6,8,10,12H,7,9,17H2,1-2H3,(H,18,19). The highest BCUT2D eigenvalue weighted by Gasteiger charge is 2.11. The Bertz CT molecular complexity index is 592. The van der Waals surface area contributed by atoms with E-state index < -0.39 is 0 Å². The van der Waals surface area contributed by atoms with Gasteiger partial charge in [-0.15, -0.1) is 11.3 Å². The molecule has 0 aliphatic rings. The molecule has 2 aromatic rings. The fourth-order valence-corrected chi connectivity index (χ4v) is 2.96. The molecule has 0 fully saturated rings. The van der Waals surface area contributed by atoms with Crippen LogP contribution in [-0.2, 0) is 11.2 Å². The topological polar surface area (TPSA) is 55.1 Å². The molecule has 0 aliphatic carbocycles. The molecular weight excluding hydrogens is 268 g/mol. The average molecular weight is 288 g/mol. The summed E-state index contributed by atoms with van der Waals surface area (Å²) in [5, 5.41) is 3.03. The number of thiophene rings is 1. The summed E-state index contributed by atoms with van der Waals surface area (Å²) in [4.78, 5) is 14.4. The van der Waals surface area contributed by atoms with Crippen LogP contribution < -0.4 is 11.1 Å². The van der Waals surface area contributed by atoms with Crippen molar-refractivity contribution in [1.82, 2.24) is 5.32 Å². The van der Waals surface area contributed by atoms with Crippen molar-refractivity contribution in [3.05, 3.63) is 51.7 Å². The minimum absolute atomic E-state index is 0.0713. The molecule has 3 nitrogen and oxygen atoms in total. The van der Waals surface area contributed by atoms with Crippen LogP contribution in [0.15, 0.2) is 36.4 Å². The van der Waals surface area contributed by atoms with Gasteiger partial charge in [0.2, 0.25) is 5.91 Å². The van der Waals surface area contributed by atoms with Crippen molar-refractivity contribution in [1.29, 1.82) is 0 Å². The predicted molar refractivity (Wildman–Crippen MR) is 84.8 cm³/mol. The van der Waals surface area contributed by atoms with Crippen molar-refractivity contribution in [2.24, 2.45) is 0 Å². The van der Waals surface area contributed by atoms with Crippen molar-refractivity contribution in [2.75, 3.05) is 5.73 Å². The van der Waals surface area contributed by atoms with Crippen molar-refractivity contribution >= 4 is 22.9 Å². The normalized spacial score (nSPS) is 12.1. The molecule has 20 heavy (non-hydrogen) atoms. The second-order valence-corrected chi connectivity index (χ2v) is 6.30. The number of amides is 1. The maximum absolute atomic E-state index is 12.0. The molecule has 1 amide bonds. The lowest BCUT2D eigenvalue weighted by atomic mass is 10.1. The second kappa shape index (κ2) is 6.57. The SMILES string of the molecule is Cc1ccc(C(C)NC(=O)CCc2cccc(N)c2)s1. The number of hydrogen-bond acceptors (Lipinski definition) is 3. The number of carbonyl (C=O) groups is 1. The number of aryl methyl sites for hydroxylation is 2. The molecule has 3 N–H and O–H groups in total. The smallest absolute Gasteiger partial charge is 0.220 e. The van der Waals surface area contributed by atoms with E-state index in [4.69, 9.17) is 5.73 Å². The maximum atomic E-state index is 12.0. The van der Waals surface area contributed by atoms with E-state index in [2.05, 4.69) is 24.4 Å². The highest BCUT2D eigenvalue weighted by atomic mass is 32.1. The van der Waals surface area contributed by atoms with Crippen LogP contribution >= 0.6 is 11.3 Å². The first kappa shape index (κ1) is 14.6. The van der Waals surface area contributed by atoms with Gasteiger partial charge in [-0.2, -0.15) is 0 Å². The van der Waals surface area contributed by atoms with E-state index in [1.807, 2.05) is 31.2 Å². The number of benzene rings is 1. The molecular formula is C16H20N2OS. The number of anilines is 1. The molecule has 0 saturated heterocycles. The van der Waals surface area contributed by atoms with E-state index in [0.29, 0.717) is 12.8 Å². The van der Waals surface area contributed by atoms with Crippen molar-refractivity contribution in [3.63, 3.8) is 0 Å². The fourth-order valence-electron chi connectivity index (χ4n) is 2.08. The number of rotatable bonds is 5. The van der Waals surface area contributed by atoms with Gasteiger partial charge in [0.15, 0.2) is 0 Å². The number of carbonyl (C=O) groups excluding carboxylic acids is 1. The summed E-state index contributed by atoms with van der Waals surface area (Å²) >= 11 is 1.72. The van der Waals surface area contributed by atoms with Gasteiger partial charge in [0.05, 0.1) is 6.04 Å². The van der Waals surface area contributed by atoms with E-state index in [-0.39, 0.29) is 11.9 Å². The molecule has 1 aromatic heterocycles. The van der Waals surface area contributed by atoms with Gasteiger partial charge in [-0.25, -0.2) is 0 Å². The Morgan fingerprint density at radius 3 is 2.80 bits per heavy atom. The third-order valence-corrected chi connectivity index (χ3v) is 4.34. The lowest BCUT2D eigenvalue weighted by Gasteiger charge is -2.12. The first-order chi connectivity index (χ1) is 9.54. The average Bonchev–Trinajstić information content (AvgIpc) is 2.83. The predicted octanol–water partition coefficient (Wildman–Crippen LogP) is 3.45. The lowest BCUT2D eigenvalue weighted by Crippen LogP contribution is -2.26. The number of nitrogens with one attached hydrogen (secondary N) is 1. The molecule has 0 bridgehead atoms. The van der Waals surface area contributed by atoms with Crippen LogP contribution in [0.4, 0.5) is 5.69 Å². The first-order valence-corrected chi connectivity index (χ1v) is 7.56. The minimum atomic E-state index is 0.0713.